The van der Waals surface area contributed by atoms with Gasteiger partial charge in [0.1, 0.15) is 5.84 Å². The van der Waals surface area contributed by atoms with Gasteiger partial charge >= 0.3 is 0 Å². The lowest BCUT2D eigenvalue weighted by Crippen LogP contribution is -2.44. The number of para-hydroxylation sites is 2. The molecule has 0 bridgehead atoms. The molecule has 6 heteroatoms. The fourth-order valence-corrected chi connectivity index (χ4v) is 3.69. The van der Waals surface area contributed by atoms with Crippen LogP contribution in [0.4, 0.5) is 11.4 Å². The summed E-state index contributed by atoms with van der Waals surface area (Å²) in [6, 6.07) is 14.2. The first-order valence-corrected chi connectivity index (χ1v) is 9.69. The summed E-state index contributed by atoms with van der Waals surface area (Å²) in [5, 5.41) is 0. The molecule has 2 aliphatic heterocycles. The third kappa shape index (κ3) is 3.49. The predicted molar refractivity (Wildman–Crippen MR) is 110 cm³/mol. The third-order valence-corrected chi connectivity index (χ3v) is 5.40. The number of ether oxygens (including phenoxy) is 1. The van der Waals surface area contributed by atoms with E-state index in [1.54, 1.807) is 0 Å². The first-order chi connectivity index (χ1) is 12.6. The van der Waals surface area contributed by atoms with E-state index in [2.05, 4.69) is 56.7 Å². The number of anilines is 2. The fourth-order valence-electron chi connectivity index (χ4n) is 3.34. The number of halogens is 1. The maximum Gasteiger partial charge on any atom is 0.151 e. The zero-order chi connectivity index (χ0) is 18.1. The van der Waals surface area contributed by atoms with Gasteiger partial charge in [-0.25, -0.2) is 0 Å². The normalized spacial score (nSPS) is 18.3. The molecule has 0 spiro atoms. The Hall–Kier alpha value is -1.89. The maximum atomic E-state index is 6.09. The van der Waals surface area contributed by atoms with Crippen molar-refractivity contribution in [2.45, 2.75) is 6.92 Å². The van der Waals surface area contributed by atoms with Gasteiger partial charge in [0.25, 0.3) is 0 Å². The predicted octanol–water partition coefficient (Wildman–Crippen LogP) is 4.32. The topological polar surface area (TPSA) is 31.3 Å². The van der Waals surface area contributed by atoms with Crippen LogP contribution in [-0.2, 0) is 0 Å². The van der Waals surface area contributed by atoms with Gasteiger partial charge in [-0.2, -0.15) is 0 Å². The van der Waals surface area contributed by atoms with Crippen LogP contribution in [-0.4, -0.2) is 55.5 Å². The molecule has 0 N–H and O–H groups in total. The molecule has 4 rings (SSSR count). The van der Waals surface area contributed by atoms with Crippen molar-refractivity contribution in [3.05, 3.63) is 46.9 Å². The summed E-state index contributed by atoms with van der Waals surface area (Å²) in [5.41, 5.74) is 2.04. The average molecular weight is 415 g/mol. The molecule has 0 atom stereocenters. The second-order valence-corrected chi connectivity index (χ2v) is 7.70. The molecule has 5 nitrogen and oxygen atoms in total. The van der Waals surface area contributed by atoms with Gasteiger partial charge in [-0.3, -0.25) is 14.8 Å². The number of hydrogen-bond donors (Lipinski definition) is 0. The summed E-state index contributed by atoms with van der Waals surface area (Å²) in [6.07, 6.45) is 0. The van der Waals surface area contributed by atoms with Crippen LogP contribution in [0, 0.1) is 0 Å². The minimum absolute atomic E-state index is 0.725. The van der Waals surface area contributed by atoms with Crippen molar-refractivity contribution in [2.24, 2.45) is 4.99 Å². The Bertz CT molecular complexity index is 830. The van der Waals surface area contributed by atoms with Gasteiger partial charge in [0.15, 0.2) is 11.5 Å². The Morgan fingerprint density at radius 1 is 1.04 bits per heavy atom. The van der Waals surface area contributed by atoms with E-state index in [0.29, 0.717) is 0 Å². The smallest absolute Gasteiger partial charge is 0.151 e. The summed E-state index contributed by atoms with van der Waals surface area (Å²) < 4.78 is 7.11. The van der Waals surface area contributed by atoms with Gasteiger partial charge in [0.2, 0.25) is 0 Å². The highest BCUT2D eigenvalue weighted by atomic mass is 79.9. The summed E-state index contributed by atoms with van der Waals surface area (Å²) in [5.74, 6) is 2.68. The van der Waals surface area contributed by atoms with Gasteiger partial charge in [0.05, 0.1) is 18.0 Å². The van der Waals surface area contributed by atoms with Gasteiger partial charge in [-0.05, 0) is 44.3 Å². The number of rotatable bonds is 2. The number of aliphatic imine (C=N–C) groups is 1. The van der Waals surface area contributed by atoms with E-state index in [9.17, 15) is 0 Å². The highest BCUT2D eigenvalue weighted by molar-refractivity contribution is 9.10. The molecule has 2 aromatic carbocycles. The Balaban J connectivity index is 1.64. The van der Waals surface area contributed by atoms with Gasteiger partial charge in [-0.15, -0.1) is 0 Å². The zero-order valence-electron chi connectivity index (χ0n) is 15.2. The lowest BCUT2D eigenvalue weighted by atomic mass is 10.1. The summed E-state index contributed by atoms with van der Waals surface area (Å²) >= 11 is 3.58. The monoisotopic (exact) mass is 414 g/mol. The van der Waals surface area contributed by atoms with Crippen LogP contribution in [0.25, 0.3) is 0 Å². The zero-order valence-corrected chi connectivity index (χ0v) is 16.7. The van der Waals surface area contributed by atoms with Crippen molar-refractivity contribution in [1.82, 2.24) is 9.80 Å². The van der Waals surface area contributed by atoms with Crippen molar-refractivity contribution in [1.29, 1.82) is 0 Å². The van der Waals surface area contributed by atoms with Crippen molar-refractivity contribution in [3.8, 4) is 11.5 Å². The Morgan fingerprint density at radius 3 is 2.58 bits per heavy atom. The van der Waals surface area contributed by atoms with Crippen LogP contribution in [0.1, 0.15) is 6.92 Å². The Labute approximate surface area is 163 Å². The van der Waals surface area contributed by atoms with Crippen molar-refractivity contribution < 1.29 is 4.74 Å². The molecule has 2 aliphatic rings. The minimum Gasteiger partial charge on any atom is -0.453 e. The molecule has 0 saturated carbocycles. The fraction of sp³-hybridized carbons (Fsp3) is 0.350. The molecule has 0 aliphatic carbocycles. The van der Waals surface area contributed by atoms with Crippen LogP contribution in [0.15, 0.2) is 51.9 Å². The van der Waals surface area contributed by atoms with E-state index in [1.807, 2.05) is 30.3 Å². The van der Waals surface area contributed by atoms with E-state index in [0.717, 1.165) is 66.0 Å². The average Bonchev–Trinajstić information content (AvgIpc) is 2.65. The molecule has 26 heavy (non-hydrogen) atoms. The Kier molecular flexibility index (Phi) is 4.98. The van der Waals surface area contributed by atoms with Gasteiger partial charge < -0.3 is 9.64 Å². The van der Waals surface area contributed by atoms with E-state index in [4.69, 9.17) is 9.73 Å². The van der Waals surface area contributed by atoms with Crippen LogP contribution in [0.3, 0.4) is 0 Å². The summed E-state index contributed by atoms with van der Waals surface area (Å²) in [4.78, 5) is 11.9. The van der Waals surface area contributed by atoms with Crippen molar-refractivity contribution in [2.75, 3.05) is 44.8 Å². The second kappa shape index (κ2) is 7.39. The molecule has 0 radical (unpaired) electrons. The van der Waals surface area contributed by atoms with Crippen LogP contribution in [0.2, 0.25) is 0 Å². The number of hydrogen-bond acceptors (Lipinski definition) is 4. The van der Waals surface area contributed by atoms with Crippen LogP contribution >= 0.6 is 15.9 Å². The summed E-state index contributed by atoms with van der Waals surface area (Å²) in [7, 11) is 2.17. The number of amidine groups is 1. The molecule has 2 aromatic rings. The van der Waals surface area contributed by atoms with Crippen LogP contribution in [0.5, 0.6) is 11.5 Å². The quantitative estimate of drug-likeness (QED) is 0.540. The molecule has 2 heterocycles. The SMILES string of the molecule is CC(=NCN1CCN(C)CC1)N1c2ccccc2Oc2ccc(Br)cc21. The van der Waals surface area contributed by atoms with Gasteiger partial charge in [0, 0.05) is 30.7 Å². The standard InChI is InChI=1S/C20H23BrN4O/c1-15(22-14-24-11-9-23(2)10-12-24)25-17-5-3-4-6-19(17)26-20-8-7-16(21)13-18(20)25/h3-8,13H,9-12,14H2,1-2H3. The second-order valence-electron chi connectivity index (χ2n) is 6.79. The lowest BCUT2D eigenvalue weighted by molar-refractivity contribution is 0.158. The van der Waals surface area contributed by atoms with E-state index < -0.39 is 0 Å². The van der Waals surface area contributed by atoms with E-state index >= 15 is 0 Å². The molecule has 1 fully saturated rings. The molecular weight excluding hydrogens is 392 g/mol. The molecule has 0 amide bonds. The van der Waals surface area contributed by atoms with Gasteiger partial charge in [-0.1, -0.05) is 28.1 Å². The third-order valence-electron chi connectivity index (χ3n) is 4.91. The molecule has 0 aromatic heterocycles. The number of nitrogens with zero attached hydrogens (tertiary/aromatic N) is 4. The van der Waals surface area contributed by atoms with Crippen molar-refractivity contribution >= 4 is 33.1 Å². The number of benzene rings is 2. The first-order valence-electron chi connectivity index (χ1n) is 8.90. The molecule has 1 saturated heterocycles. The highest BCUT2D eigenvalue weighted by Crippen LogP contribution is 2.47. The first kappa shape index (κ1) is 17.5. The Morgan fingerprint density at radius 2 is 1.77 bits per heavy atom. The molecular formula is C20H23BrN4O. The largest absolute Gasteiger partial charge is 0.453 e. The number of fused-ring (bicyclic) bond motifs is 2. The van der Waals surface area contributed by atoms with E-state index in [1.165, 1.54) is 0 Å². The van der Waals surface area contributed by atoms with Crippen molar-refractivity contribution in [3.63, 3.8) is 0 Å². The summed E-state index contributed by atoms with van der Waals surface area (Å²) in [6.45, 7) is 7.13. The molecule has 0 unspecified atom stereocenters. The minimum atomic E-state index is 0.725. The van der Waals surface area contributed by atoms with E-state index in [-0.39, 0.29) is 0 Å². The lowest BCUT2D eigenvalue weighted by Gasteiger charge is -2.34. The molecule has 136 valence electrons. The number of likely N-dealkylation sites (N-methyl/N-ethyl adjacent to an activating group) is 1. The van der Waals surface area contributed by atoms with Crippen LogP contribution < -0.4 is 9.64 Å². The number of piperazine rings is 1. The maximum absolute atomic E-state index is 6.09. The highest BCUT2D eigenvalue weighted by Gasteiger charge is 2.26.